The van der Waals surface area contributed by atoms with Crippen LogP contribution in [0.5, 0.6) is 0 Å². The molecule has 1 aliphatic carbocycles. The van der Waals surface area contributed by atoms with Gasteiger partial charge in [-0.25, -0.2) is 4.79 Å². The van der Waals surface area contributed by atoms with Crippen LogP contribution in [0, 0.1) is 5.92 Å². The van der Waals surface area contributed by atoms with Crippen molar-refractivity contribution in [2.24, 2.45) is 5.92 Å². The van der Waals surface area contributed by atoms with Crippen molar-refractivity contribution in [3.05, 3.63) is 34.3 Å². The van der Waals surface area contributed by atoms with Crippen LogP contribution in [0.1, 0.15) is 34.9 Å². The van der Waals surface area contributed by atoms with Gasteiger partial charge in [-0.2, -0.15) is 0 Å². The van der Waals surface area contributed by atoms with Crippen LogP contribution in [-0.4, -0.2) is 18.2 Å². The zero-order chi connectivity index (χ0) is 11.7. The maximum atomic E-state index is 11.4. The Morgan fingerprint density at radius 2 is 2.19 bits per heavy atom. The molecular formula is C12H13ClO3. The number of rotatable bonds is 3. The first kappa shape index (κ1) is 11.4. The first-order valence-electron chi connectivity index (χ1n) is 5.18. The lowest BCUT2D eigenvalue weighted by Crippen LogP contribution is -2.05. The van der Waals surface area contributed by atoms with Crippen molar-refractivity contribution in [2.75, 3.05) is 7.11 Å². The van der Waals surface area contributed by atoms with Gasteiger partial charge in [-0.15, -0.1) is 0 Å². The Labute approximate surface area is 99.0 Å². The molecule has 2 rings (SSSR count). The zero-order valence-corrected chi connectivity index (χ0v) is 9.70. The van der Waals surface area contributed by atoms with Crippen molar-refractivity contribution < 1.29 is 14.6 Å². The van der Waals surface area contributed by atoms with Crippen LogP contribution in [-0.2, 0) is 4.74 Å². The van der Waals surface area contributed by atoms with Crippen LogP contribution in [0.25, 0.3) is 0 Å². The molecule has 1 aromatic carbocycles. The Kier molecular flexibility index (Phi) is 3.17. The standard InChI is InChI=1S/C12H13ClO3/c1-16-12(15)9-4-8(5-10(13)6-9)11(14)7-2-3-7/h4-7,11,14H,2-3H2,1H3. The van der Waals surface area contributed by atoms with E-state index in [1.165, 1.54) is 13.2 Å². The minimum Gasteiger partial charge on any atom is -0.465 e. The lowest BCUT2D eigenvalue weighted by atomic mass is 10.0. The second-order valence-electron chi connectivity index (χ2n) is 4.05. The summed E-state index contributed by atoms with van der Waals surface area (Å²) in [5, 5.41) is 10.4. The van der Waals surface area contributed by atoms with Gasteiger partial charge in [-0.05, 0) is 42.5 Å². The highest BCUT2D eigenvalue weighted by Gasteiger charge is 2.31. The third-order valence-corrected chi connectivity index (χ3v) is 2.97. The maximum absolute atomic E-state index is 11.4. The van der Waals surface area contributed by atoms with E-state index in [4.69, 9.17) is 11.6 Å². The van der Waals surface area contributed by atoms with Crippen molar-refractivity contribution in [1.82, 2.24) is 0 Å². The summed E-state index contributed by atoms with van der Waals surface area (Å²) in [6.07, 6.45) is 1.53. The second kappa shape index (κ2) is 4.44. The number of ether oxygens (including phenoxy) is 1. The summed E-state index contributed by atoms with van der Waals surface area (Å²) in [6.45, 7) is 0. The van der Waals surface area contributed by atoms with Gasteiger partial charge in [-0.1, -0.05) is 11.6 Å². The van der Waals surface area contributed by atoms with E-state index in [-0.39, 0.29) is 0 Å². The number of hydrogen-bond acceptors (Lipinski definition) is 3. The molecule has 0 aromatic heterocycles. The van der Waals surface area contributed by atoms with Crippen molar-refractivity contribution in [1.29, 1.82) is 0 Å². The number of methoxy groups -OCH3 is 1. The Bertz CT molecular complexity index is 413. The van der Waals surface area contributed by atoms with Crippen molar-refractivity contribution >= 4 is 17.6 Å². The first-order chi connectivity index (χ1) is 7.61. The van der Waals surface area contributed by atoms with E-state index < -0.39 is 12.1 Å². The van der Waals surface area contributed by atoms with Gasteiger partial charge in [0.15, 0.2) is 0 Å². The molecule has 4 heteroatoms. The van der Waals surface area contributed by atoms with Gasteiger partial charge >= 0.3 is 5.97 Å². The number of carbonyl (C=O) groups is 1. The van der Waals surface area contributed by atoms with Crippen LogP contribution in [0.3, 0.4) is 0 Å². The molecule has 1 aromatic rings. The fourth-order valence-corrected chi connectivity index (χ4v) is 1.95. The molecule has 0 radical (unpaired) electrons. The van der Waals surface area contributed by atoms with E-state index in [1.807, 2.05) is 0 Å². The van der Waals surface area contributed by atoms with Crippen molar-refractivity contribution in [2.45, 2.75) is 18.9 Å². The molecule has 0 spiro atoms. The van der Waals surface area contributed by atoms with Gasteiger partial charge in [-0.3, -0.25) is 0 Å². The Morgan fingerprint density at radius 1 is 1.50 bits per heavy atom. The fourth-order valence-electron chi connectivity index (χ4n) is 1.70. The minimum absolute atomic E-state index is 0.309. The predicted octanol–water partition coefficient (Wildman–Crippen LogP) is 2.57. The third kappa shape index (κ3) is 2.36. The molecule has 1 atom stereocenters. The predicted molar refractivity (Wildman–Crippen MR) is 60.5 cm³/mol. The SMILES string of the molecule is COC(=O)c1cc(Cl)cc(C(O)C2CC2)c1. The van der Waals surface area contributed by atoms with E-state index in [9.17, 15) is 9.90 Å². The third-order valence-electron chi connectivity index (χ3n) is 2.75. The Balaban J connectivity index is 2.31. The lowest BCUT2D eigenvalue weighted by molar-refractivity contribution is 0.0600. The van der Waals surface area contributed by atoms with Crippen molar-refractivity contribution in [3.8, 4) is 0 Å². The number of aliphatic hydroxyl groups excluding tert-OH is 1. The molecule has 1 N–H and O–H groups in total. The first-order valence-corrected chi connectivity index (χ1v) is 5.56. The molecule has 0 heterocycles. The number of benzene rings is 1. The molecular weight excluding hydrogens is 228 g/mol. The monoisotopic (exact) mass is 240 g/mol. The smallest absolute Gasteiger partial charge is 0.337 e. The van der Waals surface area contributed by atoms with Crippen LogP contribution >= 0.6 is 11.6 Å². The molecule has 1 saturated carbocycles. The molecule has 1 aliphatic rings. The Hall–Kier alpha value is -1.06. The fraction of sp³-hybridized carbons (Fsp3) is 0.417. The summed E-state index contributed by atoms with van der Waals surface area (Å²) in [5.74, 6) is -0.129. The molecule has 16 heavy (non-hydrogen) atoms. The van der Waals surface area contributed by atoms with E-state index in [1.54, 1.807) is 12.1 Å². The topological polar surface area (TPSA) is 46.5 Å². The lowest BCUT2D eigenvalue weighted by Gasteiger charge is -2.11. The molecule has 0 bridgehead atoms. The quantitative estimate of drug-likeness (QED) is 0.826. The van der Waals surface area contributed by atoms with Crippen LogP contribution in [0.15, 0.2) is 18.2 Å². The van der Waals surface area contributed by atoms with Gasteiger partial charge in [0.1, 0.15) is 0 Å². The normalized spacial score (nSPS) is 16.9. The molecule has 0 saturated heterocycles. The zero-order valence-electron chi connectivity index (χ0n) is 8.94. The highest BCUT2D eigenvalue weighted by atomic mass is 35.5. The largest absolute Gasteiger partial charge is 0.465 e. The van der Waals surface area contributed by atoms with Gasteiger partial charge in [0.25, 0.3) is 0 Å². The summed E-state index contributed by atoms with van der Waals surface area (Å²) < 4.78 is 4.62. The molecule has 0 aliphatic heterocycles. The van der Waals surface area contributed by atoms with Gasteiger partial charge < -0.3 is 9.84 Å². The van der Waals surface area contributed by atoms with Crippen LogP contribution in [0.4, 0.5) is 0 Å². The number of halogens is 1. The summed E-state index contributed by atoms with van der Waals surface area (Å²) in [6, 6.07) is 4.87. The number of aliphatic hydroxyl groups is 1. The van der Waals surface area contributed by atoms with Gasteiger partial charge in [0, 0.05) is 5.02 Å². The highest BCUT2D eigenvalue weighted by molar-refractivity contribution is 6.31. The highest BCUT2D eigenvalue weighted by Crippen LogP contribution is 2.41. The number of esters is 1. The molecule has 86 valence electrons. The second-order valence-corrected chi connectivity index (χ2v) is 4.48. The van der Waals surface area contributed by atoms with Crippen LogP contribution in [0.2, 0.25) is 5.02 Å². The molecule has 0 amide bonds. The maximum Gasteiger partial charge on any atom is 0.337 e. The number of carbonyl (C=O) groups excluding carboxylic acids is 1. The minimum atomic E-state index is -0.526. The van der Waals surface area contributed by atoms with E-state index in [0.717, 1.165) is 12.8 Å². The summed E-state index contributed by atoms with van der Waals surface area (Å²) in [4.78, 5) is 11.4. The van der Waals surface area contributed by atoms with Crippen LogP contribution < -0.4 is 0 Å². The number of hydrogen-bond donors (Lipinski definition) is 1. The molecule has 1 unspecified atom stereocenters. The summed E-state index contributed by atoms with van der Waals surface area (Å²) in [7, 11) is 1.32. The van der Waals surface area contributed by atoms with E-state index in [0.29, 0.717) is 22.1 Å². The van der Waals surface area contributed by atoms with Crippen molar-refractivity contribution in [3.63, 3.8) is 0 Å². The summed E-state index contributed by atoms with van der Waals surface area (Å²) in [5.41, 5.74) is 1.07. The molecule has 3 nitrogen and oxygen atoms in total. The van der Waals surface area contributed by atoms with E-state index in [2.05, 4.69) is 4.74 Å². The van der Waals surface area contributed by atoms with Gasteiger partial charge in [0.05, 0.1) is 18.8 Å². The average molecular weight is 241 g/mol. The van der Waals surface area contributed by atoms with E-state index >= 15 is 0 Å². The summed E-state index contributed by atoms with van der Waals surface area (Å²) >= 11 is 5.90. The molecule has 1 fully saturated rings. The van der Waals surface area contributed by atoms with Gasteiger partial charge in [0.2, 0.25) is 0 Å². The Morgan fingerprint density at radius 3 is 2.75 bits per heavy atom. The average Bonchev–Trinajstić information content (AvgIpc) is 3.10.